The first-order valence-electron chi connectivity index (χ1n) is 12.9. The van der Waals surface area contributed by atoms with Crippen molar-refractivity contribution in [1.29, 1.82) is 0 Å². The predicted molar refractivity (Wildman–Crippen MR) is 144 cm³/mol. The lowest BCUT2D eigenvalue weighted by molar-refractivity contribution is -0.154. The second kappa shape index (κ2) is 14.0. The molecule has 0 atom stereocenters. The highest BCUT2D eigenvalue weighted by atomic mass is 35.5. The molecule has 3 heterocycles. The summed E-state index contributed by atoms with van der Waals surface area (Å²) < 4.78 is 54.8. The summed E-state index contributed by atoms with van der Waals surface area (Å²) in [6.07, 6.45) is 1.32. The van der Waals surface area contributed by atoms with E-state index in [4.69, 9.17) is 25.8 Å². The van der Waals surface area contributed by atoms with Crippen LogP contribution in [0.25, 0.3) is 0 Å². The molecule has 6 bridgehead atoms. The van der Waals surface area contributed by atoms with Crippen LogP contribution in [0.1, 0.15) is 54.4 Å². The molecule has 13 heteroatoms. The Morgan fingerprint density at radius 1 is 0.900 bits per heavy atom. The number of ether oxygens (including phenoxy) is 3. The molecule has 2 aliphatic rings. The van der Waals surface area contributed by atoms with Gasteiger partial charge < -0.3 is 24.8 Å². The van der Waals surface area contributed by atoms with Crippen LogP contribution in [0.2, 0.25) is 0 Å². The number of hydrogen-bond acceptors (Lipinski definition) is 9. The number of alkyl halides is 3. The Bertz CT molecular complexity index is 1280. The van der Waals surface area contributed by atoms with E-state index < -0.39 is 24.0 Å². The van der Waals surface area contributed by atoms with Crippen LogP contribution in [0.3, 0.4) is 0 Å². The number of halogens is 4. The van der Waals surface area contributed by atoms with Crippen molar-refractivity contribution >= 4 is 34.4 Å². The van der Waals surface area contributed by atoms with Gasteiger partial charge in [0.1, 0.15) is 11.5 Å². The number of rotatable bonds is 3. The lowest BCUT2D eigenvalue weighted by Gasteiger charge is -2.14. The summed E-state index contributed by atoms with van der Waals surface area (Å²) >= 11 is 5.74. The quantitative estimate of drug-likeness (QED) is 0.329. The molecule has 3 aromatic rings. The number of benzene rings is 2. The van der Waals surface area contributed by atoms with Crippen molar-refractivity contribution in [2.75, 3.05) is 30.5 Å². The maximum absolute atomic E-state index is 12.8. The molecule has 0 amide bonds. The van der Waals surface area contributed by atoms with Crippen LogP contribution in [0, 0.1) is 0 Å². The molecule has 0 fully saturated rings. The molecule has 0 saturated carbocycles. The molecule has 9 nitrogen and oxygen atoms in total. The first-order chi connectivity index (χ1) is 19.2. The van der Waals surface area contributed by atoms with E-state index in [-0.39, 0.29) is 29.8 Å². The first-order valence-corrected chi connectivity index (χ1v) is 13.3. The van der Waals surface area contributed by atoms with Crippen molar-refractivity contribution in [2.24, 2.45) is 0 Å². The third kappa shape index (κ3) is 9.44. The van der Waals surface area contributed by atoms with Crippen molar-refractivity contribution in [3.05, 3.63) is 53.6 Å². The standard InChI is InChI=1S/C27H29ClF3N5O4/c28-23(37)21-12-9-19-15-22(21)39-14-6-4-2-1-3-5-13-38-20-10-7-18(8-11-20)16-32-24-34-25(33-19)36-26(35-24)40-17-27(29,30)31/h7-12,15H,1-6,13-14,16-17H2,(H2,32,33,34,35,36). The van der Waals surface area contributed by atoms with Crippen molar-refractivity contribution in [3.63, 3.8) is 0 Å². The minimum absolute atomic E-state index is 0.00239. The zero-order valence-corrected chi connectivity index (χ0v) is 22.4. The fraction of sp³-hybridized carbons (Fsp3) is 0.407. The van der Waals surface area contributed by atoms with Gasteiger partial charge in [-0.2, -0.15) is 28.1 Å². The zero-order valence-electron chi connectivity index (χ0n) is 21.6. The van der Waals surface area contributed by atoms with Gasteiger partial charge in [0.05, 0.1) is 18.8 Å². The molecule has 0 saturated heterocycles. The average Bonchev–Trinajstić information content (AvgIpc) is 2.91. The Morgan fingerprint density at radius 2 is 1.57 bits per heavy atom. The maximum Gasteiger partial charge on any atom is 0.422 e. The van der Waals surface area contributed by atoms with Gasteiger partial charge in [-0.1, -0.05) is 37.8 Å². The largest absolute Gasteiger partial charge is 0.494 e. The fourth-order valence-corrected chi connectivity index (χ4v) is 4.04. The number of nitrogens with zero attached hydrogens (tertiary/aromatic N) is 3. The molecule has 0 radical (unpaired) electrons. The lowest BCUT2D eigenvalue weighted by Crippen LogP contribution is -2.21. The molecule has 0 unspecified atom stereocenters. The second-order valence-electron chi connectivity index (χ2n) is 9.09. The van der Waals surface area contributed by atoms with Gasteiger partial charge in [0.25, 0.3) is 5.24 Å². The van der Waals surface area contributed by atoms with Crippen molar-refractivity contribution in [1.82, 2.24) is 15.0 Å². The Kier molecular flexibility index (Phi) is 10.2. The van der Waals surface area contributed by atoms with E-state index in [1.54, 1.807) is 12.1 Å². The third-order valence-electron chi connectivity index (χ3n) is 5.87. The van der Waals surface area contributed by atoms with E-state index in [2.05, 4.69) is 25.6 Å². The van der Waals surface area contributed by atoms with E-state index in [1.807, 2.05) is 24.3 Å². The van der Waals surface area contributed by atoms with Crippen LogP contribution in [0.5, 0.6) is 17.5 Å². The molecule has 0 aliphatic carbocycles. The molecule has 0 spiro atoms. The molecule has 2 N–H and O–H groups in total. The zero-order chi connectivity index (χ0) is 28.4. The van der Waals surface area contributed by atoms with Gasteiger partial charge in [-0.3, -0.25) is 4.79 Å². The topological polar surface area (TPSA) is 107 Å². The fourth-order valence-electron chi connectivity index (χ4n) is 3.88. The van der Waals surface area contributed by atoms with Gasteiger partial charge in [-0.05, 0) is 54.3 Å². The Balaban J connectivity index is 1.60. The number of carbonyl (C=O) groups is 1. The number of fused-ring (bicyclic) bond motifs is 12. The monoisotopic (exact) mass is 579 g/mol. The smallest absolute Gasteiger partial charge is 0.422 e. The molecular weight excluding hydrogens is 551 g/mol. The van der Waals surface area contributed by atoms with Crippen molar-refractivity contribution < 1.29 is 32.2 Å². The average molecular weight is 580 g/mol. The summed E-state index contributed by atoms with van der Waals surface area (Å²) in [6, 6.07) is 11.5. The van der Waals surface area contributed by atoms with E-state index in [1.165, 1.54) is 6.07 Å². The molecule has 214 valence electrons. The van der Waals surface area contributed by atoms with Crippen LogP contribution in [0.15, 0.2) is 42.5 Å². The van der Waals surface area contributed by atoms with Crippen LogP contribution in [-0.2, 0) is 6.54 Å². The van der Waals surface area contributed by atoms with E-state index >= 15 is 0 Å². The Morgan fingerprint density at radius 3 is 2.27 bits per heavy atom. The number of hydrogen-bond donors (Lipinski definition) is 2. The highest BCUT2D eigenvalue weighted by Gasteiger charge is 2.29. The first kappa shape index (κ1) is 29.2. The van der Waals surface area contributed by atoms with Gasteiger partial charge in [0, 0.05) is 18.3 Å². The number of carbonyl (C=O) groups excluding carboxylic acids is 1. The highest BCUT2D eigenvalue weighted by molar-refractivity contribution is 6.68. The molecule has 5 rings (SSSR count). The van der Waals surface area contributed by atoms with Gasteiger partial charge in [0.2, 0.25) is 11.9 Å². The number of nitrogens with one attached hydrogen (secondary N) is 2. The lowest BCUT2D eigenvalue weighted by atomic mass is 10.1. The van der Waals surface area contributed by atoms with Crippen LogP contribution in [-0.4, -0.2) is 46.2 Å². The van der Waals surface area contributed by atoms with Gasteiger partial charge in [-0.25, -0.2) is 0 Å². The second-order valence-corrected chi connectivity index (χ2v) is 9.44. The highest BCUT2D eigenvalue weighted by Crippen LogP contribution is 2.28. The van der Waals surface area contributed by atoms with E-state index in [9.17, 15) is 18.0 Å². The molecule has 40 heavy (non-hydrogen) atoms. The summed E-state index contributed by atoms with van der Waals surface area (Å²) in [5.74, 6) is 0.945. The van der Waals surface area contributed by atoms with Gasteiger partial charge in [-0.15, -0.1) is 0 Å². The third-order valence-corrected chi connectivity index (χ3v) is 6.07. The SMILES string of the molecule is O=C(Cl)c1ccc2cc1OCCCCCCCCOc1ccc(cc1)CNc1nc(nc(OCC(F)(F)F)n1)N2. The minimum Gasteiger partial charge on any atom is -0.494 e. The number of anilines is 3. The van der Waals surface area contributed by atoms with Gasteiger partial charge >= 0.3 is 12.2 Å². The minimum atomic E-state index is -4.58. The Hall–Kier alpha value is -3.80. The summed E-state index contributed by atoms with van der Waals surface area (Å²) in [4.78, 5) is 24.1. The van der Waals surface area contributed by atoms with E-state index in [0.717, 1.165) is 49.8 Å². The molecule has 2 aromatic carbocycles. The maximum atomic E-state index is 12.8. The van der Waals surface area contributed by atoms with Crippen LogP contribution >= 0.6 is 11.6 Å². The van der Waals surface area contributed by atoms with E-state index in [0.29, 0.717) is 18.9 Å². The summed E-state index contributed by atoms with van der Waals surface area (Å²) in [6.45, 7) is -0.280. The summed E-state index contributed by atoms with van der Waals surface area (Å²) in [7, 11) is 0. The van der Waals surface area contributed by atoms with Crippen molar-refractivity contribution in [3.8, 4) is 17.5 Å². The normalized spacial score (nSPS) is 15.1. The van der Waals surface area contributed by atoms with Crippen LogP contribution in [0.4, 0.5) is 30.8 Å². The Labute approximate surface area is 234 Å². The van der Waals surface area contributed by atoms with Crippen molar-refractivity contribution in [2.45, 2.75) is 51.2 Å². The molecular formula is C27H29ClF3N5O4. The van der Waals surface area contributed by atoms with Gasteiger partial charge in [0.15, 0.2) is 6.61 Å². The predicted octanol–water partition coefficient (Wildman–Crippen LogP) is 6.66. The summed E-state index contributed by atoms with van der Waals surface area (Å²) in [5.41, 5.74) is 1.49. The van der Waals surface area contributed by atoms with Crippen LogP contribution < -0.4 is 24.8 Å². The number of aromatic nitrogens is 3. The summed E-state index contributed by atoms with van der Waals surface area (Å²) in [5, 5.41) is 5.22. The molecule has 1 aromatic heterocycles. The molecule has 2 aliphatic heterocycles.